The van der Waals surface area contributed by atoms with Crippen LogP contribution < -0.4 is 26.6 Å². The predicted octanol–water partition coefficient (Wildman–Crippen LogP) is 4.33. The number of carbonyl (C=O) groups is 1. The number of anilines is 2. The Hall–Kier alpha value is -5.68. The highest BCUT2D eigenvalue weighted by Gasteiger charge is 2.28. The first-order chi connectivity index (χ1) is 22.4. The highest BCUT2D eigenvalue weighted by Crippen LogP contribution is 2.32. The van der Waals surface area contributed by atoms with Crippen LogP contribution in [0.5, 0.6) is 5.75 Å². The summed E-state index contributed by atoms with van der Waals surface area (Å²) >= 11 is 0. The number of esters is 1. The number of benzene rings is 2. The number of nitrogens with zero attached hydrogens (tertiary/aromatic N) is 5. The molecule has 4 heterocycles. The number of aromatic nitrogens is 4. The lowest BCUT2D eigenvalue weighted by Gasteiger charge is -2.33. The number of ether oxygens (including phenoxy) is 1. The smallest absolute Gasteiger partial charge is 0.308 e. The molecule has 1 fully saturated rings. The van der Waals surface area contributed by atoms with Gasteiger partial charge in [-0.25, -0.2) is 15.0 Å². The number of carbonyl (C=O) groups excluding carboxylic acids is 1. The number of fused-ring (bicyclic) bond motifs is 1. The average Bonchev–Trinajstić information content (AvgIpc) is 3.46. The van der Waals surface area contributed by atoms with Gasteiger partial charge in [-0.1, -0.05) is 42.5 Å². The summed E-state index contributed by atoms with van der Waals surface area (Å²) in [5, 5.41) is 3.13. The number of nitrogens with one attached hydrogen (secondary N) is 1. The topological polar surface area (TPSA) is 145 Å². The van der Waals surface area contributed by atoms with Crippen molar-refractivity contribution in [3.05, 3.63) is 111 Å². The Kier molecular flexibility index (Phi) is 7.59. The molecule has 3 aromatic carbocycles. The minimum atomic E-state index is -0.759. The molecule has 11 nitrogen and oxygen atoms in total. The van der Waals surface area contributed by atoms with Gasteiger partial charge in [-0.05, 0) is 54.8 Å². The highest BCUT2D eigenvalue weighted by atomic mass is 16.5. The number of imidazole rings is 1. The van der Waals surface area contributed by atoms with E-state index in [0.29, 0.717) is 11.6 Å². The Labute approximate surface area is 264 Å². The maximum absolute atomic E-state index is 12.0. The van der Waals surface area contributed by atoms with E-state index in [0.717, 1.165) is 71.7 Å². The lowest BCUT2D eigenvalue weighted by atomic mass is 10.0. The second-order valence-electron chi connectivity index (χ2n) is 11.4. The van der Waals surface area contributed by atoms with Gasteiger partial charge in [0.15, 0.2) is 11.5 Å². The molecular weight excluding hydrogens is 582 g/mol. The summed E-state index contributed by atoms with van der Waals surface area (Å²) in [5.41, 5.74) is 11.2. The van der Waals surface area contributed by atoms with E-state index in [1.54, 1.807) is 6.20 Å². The van der Waals surface area contributed by atoms with Crippen molar-refractivity contribution in [2.24, 2.45) is 0 Å². The van der Waals surface area contributed by atoms with Crippen molar-refractivity contribution in [2.75, 3.05) is 24.1 Å². The van der Waals surface area contributed by atoms with E-state index in [1.807, 2.05) is 59.2 Å². The first-order valence-electron chi connectivity index (χ1n) is 15.1. The zero-order valence-corrected chi connectivity index (χ0v) is 25.1. The fraction of sp³-hybridized carbons (Fsp3) is 0.200. The lowest BCUT2D eigenvalue weighted by Crippen LogP contribution is -2.43. The summed E-state index contributed by atoms with van der Waals surface area (Å²) in [6, 6.07) is 26.1. The minimum absolute atomic E-state index is 0.0115. The van der Waals surface area contributed by atoms with E-state index in [9.17, 15) is 14.4 Å². The number of nitrogen functional groups attached to an aromatic ring is 1. The van der Waals surface area contributed by atoms with Gasteiger partial charge in [0, 0.05) is 50.0 Å². The Morgan fingerprint density at radius 2 is 1.70 bits per heavy atom. The van der Waals surface area contributed by atoms with Crippen molar-refractivity contribution in [1.82, 2.24) is 24.4 Å². The number of rotatable bonds is 8. The molecular formula is C35H31N7O4. The van der Waals surface area contributed by atoms with Gasteiger partial charge in [-0.15, -0.1) is 0 Å². The molecule has 3 aromatic heterocycles. The second-order valence-corrected chi connectivity index (χ2v) is 11.4. The van der Waals surface area contributed by atoms with Gasteiger partial charge < -0.3 is 15.8 Å². The van der Waals surface area contributed by atoms with Crippen LogP contribution in [-0.2, 0) is 11.3 Å². The van der Waals surface area contributed by atoms with Gasteiger partial charge >= 0.3 is 5.97 Å². The predicted molar refractivity (Wildman–Crippen MR) is 177 cm³/mol. The van der Waals surface area contributed by atoms with Gasteiger partial charge in [-0.3, -0.25) is 23.9 Å². The van der Waals surface area contributed by atoms with Crippen LogP contribution in [-0.4, -0.2) is 49.5 Å². The Bertz CT molecular complexity index is 2130. The standard InChI is InChI=1S/C35H31N7O4/c1-21(43)46-32-29(30(44)31(32)45)38-24-15-18-41(19-16-24)20-22-9-11-25(12-10-22)42-34(26-8-5-17-37-33(26)36)40-28-14-13-27(39-35(28)42)23-6-3-2-4-7-23/h2-14,17,24,38H,15-16,18-20H2,1H3,(H2,36,37). The second kappa shape index (κ2) is 12.0. The Morgan fingerprint density at radius 3 is 2.41 bits per heavy atom. The minimum Gasteiger partial charge on any atom is -0.420 e. The zero-order chi connectivity index (χ0) is 31.8. The first-order valence-corrected chi connectivity index (χ1v) is 15.1. The molecule has 0 radical (unpaired) electrons. The van der Waals surface area contributed by atoms with E-state index >= 15 is 0 Å². The van der Waals surface area contributed by atoms with Gasteiger partial charge in [0.05, 0.1) is 11.3 Å². The van der Waals surface area contributed by atoms with Gasteiger partial charge in [0.2, 0.25) is 5.75 Å². The molecule has 0 saturated carbocycles. The zero-order valence-electron chi connectivity index (χ0n) is 25.1. The molecule has 230 valence electrons. The van der Waals surface area contributed by atoms with Crippen molar-refractivity contribution in [1.29, 1.82) is 0 Å². The number of hydrogen-bond acceptors (Lipinski definition) is 10. The average molecular weight is 614 g/mol. The quantitative estimate of drug-likeness (QED) is 0.188. The van der Waals surface area contributed by atoms with Crippen LogP contribution in [0.4, 0.5) is 11.5 Å². The monoisotopic (exact) mass is 613 g/mol. The van der Waals surface area contributed by atoms with Gasteiger partial charge in [0.25, 0.3) is 10.9 Å². The summed E-state index contributed by atoms with van der Waals surface area (Å²) in [5.74, 6) is 0.262. The number of nitrogens with two attached hydrogens (primary N) is 1. The van der Waals surface area contributed by atoms with Crippen molar-refractivity contribution < 1.29 is 9.53 Å². The Morgan fingerprint density at radius 1 is 0.935 bits per heavy atom. The molecule has 0 bridgehead atoms. The third-order valence-corrected chi connectivity index (χ3v) is 8.30. The van der Waals surface area contributed by atoms with E-state index in [4.69, 9.17) is 20.4 Å². The van der Waals surface area contributed by atoms with E-state index in [1.165, 1.54) is 6.92 Å². The van der Waals surface area contributed by atoms with Crippen LogP contribution in [0.3, 0.4) is 0 Å². The molecule has 0 unspecified atom stereocenters. The van der Waals surface area contributed by atoms with Crippen LogP contribution in [0.15, 0.2) is 94.6 Å². The summed E-state index contributed by atoms with van der Waals surface area (Å²) in [6.07, 6.45) is 3.22. The fourth-order valence-corrected chi connectivity index (χ4v) is 5.95. The van der Waals surface area contributed by atoms with Crippen molar-refractivity contribution >= 4 is 28.6 Å². The van der Waals surface area contributed by atoms with Crippen LogP contribution in [0.2, 0.25) is 0 Å². The summed E-state index contributed by atoms with van der Waals surface area (Å²) in [4.78, 5) is 51.7. The number of pyridine rings is 2. The Balaban J connectivity index is 1.11. The largest absolute Gasteiger partial charge is 0.420 e. The van der Waals surface area contributed by atoms with Crippen LogP contribution >= 0.6 is 0 Å². The van der Waals surface area contributed by atoms with Gasteiger partial charge in [0.1, 0.15) is 17.0 Å². The van der Waals surface area contributed by atoms with Crippen LogP contribution in [0.25, 0.3) is 39.5 Å². The fourth-order valence-electron chi connectivity index (χ4n) is 5.95. The van der Waals surface area contributed by atoms with Crippen LogP contribution in [0.1, 0.15) is 25.3 Å². The summed E-state index contributed by atoms with van der Waals surface area (Å²) in [6.45, 7) is 3.58. The summed E-state index contributed by atoms with van der Waals surface area (Å²) in [7, 11) is 0. The van der Waals surface area contributed by atoms with E-state index in [-0.39, 0.29) is 17.5 Å². The van der Waals surface area contributed by atoms with Gasteiger partial charge in [-0.2, -0.15) is 0 Å². The lowest BCUT2D eigenvalue weighted by molar-refractivity contribution is -0.131. The molecule has 0 atom stereocenters. The van der Waals surface area contributed by atoms with Crippen molar-refractivity contribution in [3.8, 4) is 34.1 Å². The number of hydrogen-bond donors (Lipinski definition) is 2. The van der Waals surface area contributed by atoms with E-state index in [2.05, 4.69) is 39.5 Å². The van der Waals surface area contributed by atoms with Crippen LogP contribution in [0, 0.1) is 0 Å². The molecule has 0 aliphatic carbocycles. The molecule has 1 aliphatic rings. The molecule has 3 N–H and O–H groups in total. The normalized spacial score (nSPS) is 14.1. The maximum atomic E-state index is 12.0. The highest BCUT2D eigenvalue weighted by molar-refractivity contribution is 5.84. The molecule has 1 saturated heterocycles. The van der Waals surface area contributed by atoms with Crippen molar-refractivity contribution in [3.63, 3.8) is 0 Å². The molecule has 1 aliphatic heterocycles. The van der Waals surface area contributed by atoms with E-state index < -0.39 is 16.8 Å². The molecule has 0 amide bonds. The maximum Gasteiger partial charge on any atom is 0.308 e. The molecule has 11 heteroatoms. The summed E-state index contributed by atoms with van der Waals surface area (Å²) < 4.78 is 6.96. The number of likely N-dealkylation sites (tertiary alicyclic amines) is 1. The number of piperidine rings is 1. The molecule has 0 spiro atoms. The third kappa shape index (κ3) is 5.52. The third-order valence-electron chi connectivity index (χ3n) is 8.30. The molecule has 46 heavy (non-hydrogen) atoms. The molecule has 7 rings (SSSR count). The van der Waals surface area contributed by atoms with Crippen molar-refractivity contribution in [2.45, 2.75) is 32.4 Å². The first kappa shape index (κ1) is 29.1. The molecule has 6 aromatic rings. The SMILES string of the molecule is CC(=O)Oc1c(NC2CCN(Cc3ccc(-n4c(-c5cccnc5N)nc5ccc(-c6ccccc6)nc54)cc3)CC2)c(=O)c1=O.